The number of methoxy groups -OCH3 is 1. The van der Waals surface area contributed by atoms with Crippen LogP contribution in [0.25, 0.3) is 0 Å². The molecule has 0 radical (unpaired) electrons. The largest absolute Gasteiger partial charge is 0.469 e. The van der Waals surface area contributed by atoms with Gasteiger partial charge in [-0.25, -0.2) is 0 Å². The quantitative estimate of drug-likeness (QED) is 0.415. The molecule has 0 aromatic rings. The summed E-state index contributed by atoms with van der Waals surface area (Å²) in [5.41, 5.74) is 1.33. The lowest BCUT2D eigenvalue weighted by Crippen LogP contribution is -2.18. The monoisotopic (exact) mass is 232 g/mol. The second-order valence-corrected chi connectivity index (χ2v) is 4.16. The third kappa shape index (κ3) is 2.09. The average Bonchev–Trinajstić information content (AvgIpc) is 2.09. The fourth-order valence-corrected chi connectivity index (χ4v) is 1.79. The van der Waals surface area contributed by atoms with Crippen LogP contribution < -0.4 is 0 Å². The lowest BCUT2D eigenvalue weighted by molar-refractivity contribution is -0.143. The van der Waals surface area contributed by atoms with Gasteiger partial charge in [-0.3, -0.25) is 4.79 Å². The van der Waals surface area contributed by atoms with E-state index in [0.29, 0.717) is 4.83 Å². The van der Waals surface area contributed by atoms with Crippen LogP contribution in [0, 0.1) is 5.92 Å². The van der Waals surface area contributed by atoms with Gasteiger partial charge in [0.05, 0.1) is 13.0 Å². The van der Waals surface area contributed by atoms with Gasteiger partial charge in [-0.2, -0.15) is 0 Å². The molecule has 0 bridgehead atoms. The minimum absolute atomic E-state index is 0.106. The van der Waals surface area contributed by atoms with Crippen molar-refractivity contribution in [1.29, 1.82) is 0 Å². The summed E-state index contributed by atoms with van der Waals surface area (Å²) in [6, 6.07) is 0. The number of alkyl halides is 1. The van der Waals surface area contributed by atoms with Crippen molar-refractivity contribution in [2.45, 2.75) is 24.6 Å². The number of esters is 1. The predicted octanol–water partition coefficient (Wildman–Crippen LogP) is 2.28. The Bertz CT molecular complexity index is 211. The first-order chi connectivity index (χ1) is 5.65. The molecule has 1 rings (SSSR count). The van der Waals surface area contributed by atoms with E-state index < -0.39 is 0 Å². The molecule has 3 heteroatoms. The molecule has 0 heterocycles. The van der Waals surface area contributed by atoms with E-state index in [-0.39, 0.29) is 11.9 Å². The van der Waals surface area contributed by atoms with E-state index in [1.165, 1.54) is 19.1 Å². The fraction of sp³-hybridized carbons (Fsp3) is 0.667. The Morgan fingerprint density at radius 2 is 2.50 bits per heavy atom. The SMILES string of the molecule is COC(=O)C(C)/C=C1\CCC1Br. The molecule has 2 unspecified atom stereocenters. The average molecular weight is 233 g/mol. The van der Waals surface area contributed by atoms with E-state index in [2.05, 4.69) is 20.7 Å². The molecule has 0 spiro atoms. The molecule has 2 nitrogen and oxygen atoms in total. The summed E-state index contributed by atoms with van der Waals surface area (Å²) in [4.78, 5) is 11.5. The Kier molecular flexibility index (Phi) is 3.32. The van der Waals surface area contributed by atoms with Crippen molar-refractivity contribution >= 4 is 21.9 Å². The Hall–Kier alpha value is -0.310. The summed E-state index contributed by atoms with van der Waals surface area (Å²) >= 11 is 3.51. The van der Waals surface area contributed by atoms with Gasteiger partial charge in [0.15, 0.2) is 0 Å². The van der Waals surface area contributed by atoms with Gasteiger partial charge in [0.25, 0.3) is 0 Å². The maximum atomic E-state index is 11.0. The zero-order valence-corrected chi connectivity index (χ0v) is 8.93. The van der Waals surface area contributed by atoms with Crippen molar-refractivity contribution in [2.75, 3.05) is 7.11 Å². The molecule has 1 saturated carbocycles. The summed E-state index contributed by atoms with van der Waals surface area (Å²) in [6.45, 7) is 1.86. The Morgan fingerprint density at radius 3 is 2.83 bits per heavy atom. The number of carbonyl (C=O) groups is 1. The van der Waals surface area contributed by atoms with E-state index in [1.54, 1.807) is 0 Å². The molecular weight excluding hydrogens is 220 g/mol. The number of hydrogen-bond donors (Lipinski definition) is 0. The summed E-state index contributed by atoms with van der Waals surface area (Å²) in [5.74, 6) is -0.264. The summed E-state index contributed by atoms with van der Waals surface area (Å²) in [6.07, 6.45) is 4.28. The standard InChI is InChI=1S/C9H13BrO2/c1-6(9(11)12-2)5-7-3-4-8(7)10/h5-6,8H,3-4H2,1-2H3/b7-5+. The van der Waals surface area contributed by atoms with Gasteiger partial charge in [0, 0.05) is 4.83 Å². The number of allylic oxidation sites excluding steroid dienone is 1. The highest BCUT2D eigenvalue weighted by molar-refractivity contribution is 9.09. The second-order valence-electron chi connectivity index (χ2n) is 3.06. The van der Waals surface area contributed by atoms with Crippen molar-refractivity contribution in [1.82, 2.24) is 0 Å². The third-order valence-electron chi connectivity index (χ3n) is 2.13. The van der Waals surface area contributed by atoms with Gasteiger partial charge in [-0.1, -0.05) is 27.6 Å². The molecule has 0 saturated heterocycles. The molecule has 2 atom stereocenters. The van der Waals surface area contributed by atoms with E-state index in [1.807, 2.05) is 13.0 Å². The van der Waals surface area contributed by atoms with Gasteiger partial charge >= 0.3 is 5.97 Å². The molecule has 0 amide bonds. The van der Waals surface area contributed by atoms with Crippen LogP contribution in [-0.2, 0) is 9.53 Å². The van der Waals surface area contributed by atoms with Crippen LogP contribution in [0.5, 0.6) is 0 Å². The predicted molar refractivity (Wildman–Crippen MR) is 51.2 cm³/mol. The van der Waals surface area contributed by atoms with Crippen LogP contribution in [0.4, 0.5) is 0 Å². The highest BCUT2D eigenvalue weighted by Gasteiger charge is 2.22. The zero-order valence-electron chi connectivity index (χ0n) is 7.34. The van der Waals surface area contributed by atoms with Crippen molar-refractivity contribution < 1.29 is 9.53 Å². The van der Waals surface area contributed by atoms with Crippen LogP contribution in [-0.4, -0.2) is 17.9 Å². The third-order valence-corrected chi connectivity index (χ3v) is 3.17. The summed E-state index contributed by atoms with van der Waals surface area (Å²) < 4.78 is 4.62. The van der Waals surface area contributed by atoms with Gasteiger partial charge in [-0.05, 0) is 19.8 Å². The lowest BCUT2D eigenvalue weighted by Gasteiger charge is -2.25. The number of carbonyl (C=O) groups excluding carboxylic acids is 1. The molecule has 0 N–H and O–H groups in total. The number of hydrogen-bond acceptors (Lipinski definition) is 2. The highest BCUT2D eigenvalue weighted by Crippen LogP contribution is 2.33. The Balaban J connectivity index is 2.49. The summed E-state index contributed by atoms with van der Waals surface area (Å²) in [7, 11) is 1.42. The first kappa shape index (κ1) is 9.78. The first-order valence-electron chi connectivity index (χ1n) is 4.07. The maximum absolute atomic E-state index is 11.0. The molecule has 68 valence electrons. The fourth-order valence-electron chi connectivity index (χ4n) is 1.18. The van der Waals surface area contributed by atoms with Crippen LogP contribution in [0.3, 0.4) is 0 Å². The van der Waals surface area contributed by atoms with Crippen LogP contribution in [0.1, 0.15) is 19.8 Å². The smallest absolute Gasteiger partial charge is 0.312 e. The number of ether oxygens (including phenoxy) is 1. The van der Waals surface area contributed by atoms with Gasteiger partial charge in [-0.15, -0.1) is 0 Å². The van der Waals surface area contributed by atoms with Gasteiger partial charge < -0.3 is 4.74 Å². The van der Waals surface area contributed by atoms with E-state index >= 15 is 0 Å². The molecule has 0 aromatic carbocycles. The van der Waals surface area contributed by atoms with Crippen molar-refractivity contribution in [3.63, 3.8) is 0 Å². The van der Waals surface area contributed by atoms with Crippen LogP contribution in [0.15, 0.2) is 11.6 Å². The minimum atomic E-state index is -0.158. The van der Waals surface area contributed by atoms with E-state index in [9.17, 15) is 4.79 Å². The van der Waals surface area contributed by atoms with Crippen molar-refractivity contribution in [2.24, 2.45) is 5.92 Å². The van der Waals surface area contributed by atoms with Crippen LogP contribution in [0.2, 0.25) is 0 Å². The summed E-state index contributed by atoms with van der Waals surface area (Å²) in [5, 5.41) is 0. The first-order valence-corrected chi connectivity index (χ1v) is 4.99. The van der Waals surface area contributed by atoms with Crippen molar-refractivity contribution in [3.8, 4) is 0 Å². The maximum Gasteiger partial charge on any atom is 0.312 e. The minimum Gasteiger partial charge on any atom is -0.469 e. The molecule has 0 aromatic heterocycles. The van der Waals surface area contributed by atoms with E-state index in [4.69, 9.17) is 0 Å². The molecular formula is C9H13BrO2. The van der Waals surface area contributed by atoms with Gasteiger partial charge in [0.1, 0.15) is 0 Å². The van der Waals surface area contributed by atoms with E-state index in [0.717, 1.165) is 6.42 Å². The normalized spacial score (nSPS) is 27.9. The van der Waals surface area contributed by atoms with Crippen LogP contribution >= 0.6 is 15.9 Å². The highest BCUT2D eigenvalue weighted by atomic mass is 79.9. The number of rotatable bonds is 2. The molecule has 1 fully saturated rings. The molecule has 1 aliphatic carbocycles. The van der Waals surface area contributed by atoms with Crippen molar-refractivity contribution in [3.05, 3.63) is 11.6 Å². The number of halogens is 1. The second kappa shape index (κ2) is 4.08. The molecule has 1 aliphatic rings. The lowest BCUT2D eigenvalue weighted by atomic mass is 9.89. The Labute approximate surface area is 81.1 Å². The topological polar surface area (TPSA) is 26.3 Å². The zero-order chi connectivity index (χ0) is 9.14. The molecule has 12 heavy (non-hydrogen) atoms. The molecule has 0 aliphatic heterocycles. The Morgan fingerprint density at radius 1 is 1.83 bits per heavy atom. The van der Waals surface area contributed by atoms with Gasteiger partial charge in [0.2, 0.25) is 0 Å².